The number of aromatic nitrogens is 2. The lowest BCUT2D eigenvalue weighted by Crippen LogP contribution is -1.94. The zero-order valence-corrected chi connectivity index (χ0v) is 7.19. The number of hydrogen-bond acceptors (Lipinski definition) is 4. The van der Waals surface area contributed by atoms with E-state index in [1.165, 1.54) is 0 Å². The van der Waals surface area contributed by atoms with Crippen LogP contribution in [0.2, 0.25) is 0 Å². The molecule has 0 spiro atoms. The zero-order valence-electron chi connectivity index (χ0n) is 7.19. The highest BCUT2D eigenvalue weighted by molar-refractivity contribution is 5.52. The lowest BCUT2D eigenvalue weighted by molar-refractivity contribution is 0.579. The van der Waals surface area contributed by atoms with Crippen molar-refractivity contribution in [2.75, 3.05) is 12.4 Å². The van der Waals surface area contributed by atoms with Crippen LogP contribution >= 0.6 is 0 Å². The SMILES string of the molecule is CNc1ccc(-c2ccco2)nn1. The fraction of sp³-hybridized carbons (Fsp3) is 0.111. The monoisotopic (exact) mass is 175 g/mol. The molecular formula is C9H9N3O. The Morgan fingerprint density at radius 2 is 2.15 bits per heavy atom. The van der Waals surface area contributed by atoms with Gasteiger partial charge in [-0.3, -0.25) is 0 Å². The van der Waals surface area contributed by atoms with Crippen LogP contribution in [0.3, 0.4) is 0 Å². The predicted molar refractivity (Wildman–Crippen MR) is 49.3 cm³/mol. The van der Waals surface area contributed by atoms with Crippen molar-refractivity contribution in [3.8, 4) is 11.5 Å². The van der Waals surface area contributed by atoms with E-state index in [9.17, 15) is 0 Å². The molecule has 2 heterocycles. The number of rotatable bonds is 2. The van der Waals surface area contributed by atoms with Gasteiger partial charge in [0.15, 0.2) is 5.76 Å². The van der Waals surface area contributed by atoms with E-state index < -0.39 is 0 Å². The molecule has 13 heavy (non-hydrogen) atoms. The van der Waals surface area contributed by atoms with Crippen LogP contribution in [0, 0.1) is 0 Å². The normalized spacial score (nSPS) is 9.92. The van der Waals surface area contributed by atoms with E-state index in [0.717, 1.165) is 17.3 Å². The van der Waals surface area contributed by atoms with Crippen molar-refractivity contribution in [3.63, 3.8) is 0 Å². The maximum Gasteiger partial charge on any atom is 0.154 e. The second kappa shape index (κ2) is 3.26. The summed E-state index contributed by atoms with van der Waals surface area (Å²) < 4.78 is 5.17. The van der Waals surface area contributed by atoms with Crippen LogP contribution in [0.25, 0.3) is 11.5 Å². The molecule has 66 valence electrons. The van der Waals surface area contributed by atoms with Gasteiger partial charge in [-0.2, -0.15) is 0 Å². The summed E-state index contributed by atoms with van der Waals surface area (Å²) in [6.45, 7) is 0. The van der Waals surface area contributed by atoms with E-state index in [0.29, 0.717) is 0 Å². The Kier molecular flexibility index (Phi) is 1.96. The summed E-state index contributed by atoms with van der Waals surface area (Å²) in [4.78, 5) is 0. The first-order chi connectivity index (χ1) is 6.40. The number of furan rings is 1. The molecule has 2 aromatic rings. The van der Waals surface area contributed by atoms with Gasteiger partial charge in [0.1, 0.15) is 11.5 Å². The molecule has 0 fully saturated rings. The quantitative estimate of drug-likeness (QED) is 0.755. The van der Waals surface area contributed by atoms with Gasteiger partial charge in [-0.25, -0.2) is 0 Å². The van der Waals surface area contributed by atoms with Crippen molar-refractivity contribution < 1.29 is 4.42 Å². The first kappa shape index (κ1) is 7.79. The smallest absolute Gasteiger partial charge is 0.154 e. The molecule has 0 radical (unpaired) electrons. The summed E-state index contributed by atoms with van der Waals surface area (Å²) in [6, 6.07) is 7.38. The van der Waals surface area contributed by atoms with Crippen LogP contribution in [0.1, 0.15) is 0 Å². The molecule has 0 amide bonds. The zero-order chi connectivity index (χ0) is 9.10. The average molecular weight is 175 g/mol. The number of nitrogens with one attached hydrogen (secondary N) is 1. The highest BCUT2D eigenvalue weighted by Crippen LogP contribution is 2.16. The summed E-state index contributed by atoms with van der Waals surface area (Å²) in [5.41, 5.74) is 0.740. The highest BCUT2D eigenvalue weighted by Gasteiger charge is 2.01. The molecule has 2 rings (SSSR count). The maximum absolute atomic E-state index is 5.17. The van der Waals surface area contributed by atoms with Gasteiger partial charge in [-0.1, -0.05) is 0 Å². The van der Waals surface area contributed by atoms with E-state index in [4.69, 9.17) is 4.42 Å². The average Bonchev–Trinajstić information content (AvgIpc) is 2.71. The van der Waals surface area contributed by atoms with Crippen LogP contribution in [0.5, 0.6) is 0 Å². The van der Waals surface area contributed by atoms with Crippen LogP contribution in [-0.2, 0) is 0 Å². The lowest BCUT2D eigenvalue weighted by atomic mass is 10.3. The second-order valence-corrected chi connectivity index (χ2v) is 2.53. The Morgan fingerprint density at radius 3 is 2.69 bits per heavy atom. The standard InChI is InChI=1S/C9H9N3O/c1-10-9-5-4-7(11-12-9)8-3-2-6-13-8/h2-6H,1H3,(H,10,12). The summed E-state index contributed by atoms with van der Waals surface area (Å²) in [6.07, 6.45) is 1.61. The van der Waals surface area contributed by atoms with E-state index in [1.54, 1.807) is 13.3 Å². The Hall–Kier alpha value is -1.84. The van der Waals surface area contributed by atoms with E-state index >= 15 is 0 Å². The molecule has 0 aliphatic carbocycles. The highest BCUT2D eigenvalue weighted by atomic mass is 16.3. The van der Waals surface area contributed by atoms with Gasteiger partial charge < -0.3 is 9.73 Å². The van der Waals surface area contributed by atoms with Crippen molar-refractivity contribution >= 4 is 5.82 Å². The van der Waals surface area contributed by atoms with Gasteiger partial charge in [-0.05, 0) is 24.3 Å². The minimum Gasteiger partial charge on any atom is -0.463 e. The first-order valence-corrected chi connectivity index (χ1v) is 3.95. The minimum atomic E-state index is 0.732. The van der Waals surface area contributed by atoms with Crippen LogP contribution < -0.4 is 5.32 Å². The van der Waals surface area contributed by atoms with Gasteiger partial charge in [0.05, 0.1) is 6.26 Å². The van der Waals surface area contributed by atoms with Crippen LogP contribution in [0.15, 0.2) is 34.9 Å². The van der Waals surface area contributed by atoms with Gasteiger partial charge in [0.2, 0.25) is 0 Å². The third kappa shape index (κ3) is 1.51. The lowest BCUT2D eigenvalue weighted by Gasteiger charge is -1.97. The molecule has 2 aromatic heterocycles. The van der Waals surface area contributed by atoms with Gasteiger partial charge in [0.25, 0.3) is 0 Å². The largest absolute Gasteiger partial charge is 0.463 e. The molecule has 0 aliphatic heterocycles. The molecule has 1 N–H and O–H groups in total. The molecule has 0 unspecified atom stereocenters. The predicted octanol–water partition coefficient (Wildman–Crippen LogP) is 1.78. The Bertz CT molecular complexity index is 366. The molecule has 0 atom stereocenters. The molecule has 0 saturated carbocycles. The number of anilines is 1. The first-order valence-electron chi connectivity index (χ1n) is 3.95. The van der Waals surface area contributed by atoms with Crippen molar-refractivity contribution in [3.05, 3.63) is 30.5 Å². The van der Waals surface area contributed by atoms with Crippen LogP contribution in [-0.4, -0.2) is 17.2 Å². The van der Waals surface area contributed by atoms with Crippen molar-refractivity contribution in [1.82, 2.24) is 10.2 Å². The minimum absolute atomic E-state index is 0.732. The maximum atomic E-state index is 5.17. The van der Waals surface area contributed by atoms with E-state index in [2.05, 4.69) is 15.5 Å². The molecule has 0 aromatic carbocycles. The third-order valence-corrected chi connectivity index (χ3v) is 1.69. The van der Waals surface area contributed by atoms with Gasteiger partial charge in [0, 0.05) is 7.05 Å². The molecule has 0 bridgehead atoms. The fourth-order valence-corrected chi connectivity index (χ4v) is 1.02. The summed E-state index contributed by atoms with van der Waals surface area (Å²) >= 11 is 0. The van der Waals surface area contributed by atoms with Gasteiger partial charge >= 0.3 is 0 Å². The van der Waals surface area contributed by atoms with Crippen molar-refractivity contribution in [2.45, 2.75) is 0 Å². The molecule has 4 heteroatoms. The molecule has 0 saturated heterocycles. The molecule has 4 nitrogen and oxygen atoms in total. The summed E-state index contributed by atoms with van der Waals surface area (Å²) in [5, 5.41) is 10.8. The Labute approximate surface area is 75.6 Å². The fourth-order valence-electron chi connectivity index (χ4n) is 1.02. The molecule has 0 aliphatic rings. The third-order valence-electron chi connectivity index (χ3n) is 1.69. The number of nitrogens with zero attached hydrogens (tertiary/aromatic N) is 2. The topological polar surface area (TPSA) is 51.0 Å². The summed E-state index contributed by atoms with van der Waals surface area (Å²) in [7, 11) is 1.80. The van der Waals surface area contributed by atoms with E-state index in [-0.39, 0.29) is 0 Å². The number of hydrogen-bond donors (Lipinski definition) is 1. The Morgan fingerprint density at radius 1 is 1.23 bits per heavy atom. The molecular weight excluding hydrogens is 166 g/mol. The Balaban J connectivity index is 2.33. The van der Waals surface area contributed by atoms with Crippen molar-refractivity contribution in [1.29, 1.82) is 0 Å². The van der Waals surface area contributed by atoms with Crippen LogP contribution in [0.4, 0.5) is 5.82 Å². The van der Waals surface area contributed by atoms with Gasteiger partial charge in [-0.15, -0.1) is 10.2 Å². The summed E-state index contributed by atoms with van der Waals surface area (Å²) in [5.74, 6) is 1.48. The van der Waals surface area contributed by atoms with E-state index in [1.807, 2.05) is 24.3 Å². The van der Waals surface area contributed by atoms with Crippen molar-refractivity contribution in [2.24, 2.45) is 0 Å². The second-order valence-electron chi connectivity index (χ2n) is 2.53.